The Morgan fingerprint density at radius 1 is 0.966 bits per heavy atom. The lowest BCUT2D eigenvalue weighted by molar-refractivity contribution is 0.394. The maximum Gasteiger partial charge on any atom is 0.213 e. The second-order valence-corrected chi connectivity index (χ2v) is 7.42. The number of aryl methyl sites for hydroxylation is 1. The number of hydrogen-bond acceptors (Lipinski definition) is 6. The van der Waals surface area contributed by atoms with E-state index in [4.69, 9.17) is 14.5 Å². The molecule has 4 rings (SSSR count). The van der Waals surface area contributed by atoms with Gasteiger partial charge in [0.05, 0.1) is 19.7 Å². The van der Waals surface area contributed by atoms with Gasteiger partial charge in [0, 0.05) is 30.1 Å². The fourth-order valence-electron chi connectivity index (χ4n) is 3.32. The van der Waals surface area contributed by atoms with E-state index in [1.165, 1.54) is 0 Å². The quantitative estimate of drug-likeness (QED) is 0.510. The van der Waals surface area contributed by atoms with Crippen molar-refractivity contribution >= 4 is 22.5 Å². The average molecular weight is 391 g/mol. The molecule has 0 bridgehead atoms. The molecule has 0 N–H and O–H groups in total. The maximum atomic E-state index is 5.45. The molecule has 0 saturated carbocycles. The first kappa shape index (κ1) is 19.0. The first-order valence-electron chi connectivity index (χ1n) is 9.54. The van der Waals surface area contributed by atoms with Gasteiger partial charge in [-0.15, -0.1) is 10.2 Å². The molecule has 7 heteroatoms. The second-order valence-electron chi connectivity index (χ2n) is 7.42. The molecule has 0 spiro atoms. The molecule has 0 fully saturated rings. The van der Waals surface area contributed by atoms with Crippen molar-refractivity contribution in [2.75, 3.05) is 26.2 Å². The Morgan fingerprint density at radius 3 is 2.28 bits per heavy atom. The predicted molar refractivity (Wildman–Crippen MR) is 115 cm³/mol. The summed E-state index contributed by atoms with van der Waals surface area (Å²) in [5.41, 5.74) is 3.67. The molecule has 0 atom stereocenters. The molecule has 4 aromatic rings. The Hall–Kier alpha value is -3.35. The van der Waals surface area contributed by atoms with Gasteiger partial charge in [0.15, 0.2) is 11.5 Å². The maximum absolute atomic E-state index is 5.45. The zero-order valence-corrected chi connectivity index (χ0v) is 17.6. The Bertz CT molecular complexity index is 1180. The molecular weight excluding hydrogens is 366 g/mol. The number of nitrogens with zero attached hydrogens (tertiary/aromatic N) is 5. The Balaban J connectivity index is 2.09. The fraction of sp³-hybridized carbons (Fsp3) is 0.318. The van der Waals surface area contributed by atoms with Gasteiger partial charge in [-0.3, -0.25) is 0 Å². The van der Waals surface area contributed by atoms with Gasteiger partial charge >= 0.3 is 0 Å². The van der Waals surface area contributed by atoms with E-state index in [0.717, 1.165) is 33.6 Å². The zero-order chi connectivity index (χ0) is 20.7. The standard InChI is InChI=1S/C22H25N5O2/c1-13(2)26(4)22-23-19-8-7-14(3)9-18(19)21-25-24-20(27(21)22)15-10-16(28-5)12-17(11-15)29-6/h7-13H,1-6H3. The van der Waals surface area contributed by atoms with Gasteiger partial charge < -0.3 is 14.4 Å². The van der Waals surface area contributed by atoms with Gasteiger partial charge in [-0.1, -0.05) is 11.6 Å². The molecule has 0 amide bonds. The van der Waals surface area contributed by atoms with Crippen LogP contribution in [0.3, 0.4) is 0 Å². The summed E-state index contributed by atoms with van der Waals surface area (Å²) >= 11 is 0. The third-order valence-electron chi connectivity index (χ3n) is 5.18. The van der Waals surface area contributed by atoms with E-state index in [1.54, 1.807) is 14.2 Å². The van der Waals surface area contributed by atoms with Crippen LogP contribution < -0.4 is 14.4 Å². The molecule has 0 aliphatic heterocycles. The molecule has 2 aromatic heterocycles. The summed E-state index contributed by atoms with van der Waals surface area (Å²) in [6.45, 7) is 6.32. The van der Waals surface area contributed by atoms with Gasteiger partial charge in [-0.25, -0.2) is 9.38 Å². The molecule has 2 heterocycles. The van der Waals surface area contributed by atoms with Gasteiger partial charge in [0.25, 0.3) is 0 Å². The number of aromatic nitrogens is 4. The molecule has 0 radical (unpaired) electrons. The van der Waals surface area contributed by atoms with Gasteiger partial charge in [0.2, 0.25) is 5.95 Å². The third kappa shape index (κ3) is 3.22. The summed E-state index contributed by atoms with van der Waals surface area (Å²) in [5, 5.41) is 10.0. The van der Waals surface area contributed by atoms with Crippen LogP contribution in [-0.2, 0) is 0 Å². The molecule has 0 aliphatic carbocycles. The number of hydrogen-bond donors (Lipinski definition) is 0. The number of ether oxygens (including phenoxy) is 2. The van der Waals surface area contributed by atoms with Gasteiger partial charge in [-0.05, 0) is 45.0 Å². The number of benzene rings is 2. The highest BCUT2D eigenvalue weighted by molar-refractivity contribution is 5.94. The van der Waals surface area contributed by atoms with E-state index < -0.39 is 0 Å². The van der Waals surface area contributed by atoms with Crippen LogP contribution in [0.15, 0.2) is 36.4 Å². The first-order valence-corrected chi connectivity index (χ1v) is 9.54. The van der Waals surface area contributed by atoms with Crippen LogP contribution in [0.25, 0.3) is 27.9 Å². The Labute approximate surface area is 169 Å². The highest BCUT2D eigenvalue weighted by Gasteiger charge is 2.21. The normalized spacial score (nSPS) is 11.4. The fourth-order valence-corrected chi connectivity index (χ4v) is 3.32. The second kappa shape index (κ2) is 7.24. The third-order valence-corrected chi connectivity index (χ3v) is 5.18. The Kier molecular flexibility index (Phi) is 4.74. The molecule has 2 aromatic carbocycles. The molecule has 0 unspecified atom stereocenters. The van der Waals surface area contributed by atoms with Crippen molar-refractivity contribution in [1.82, 2.24) is 19.6 Å². The van der Waals surface area contributed by atoms with Crippen LogP contribution in [-0.4, -0.2) is 46.9 Å². The summed E-state index contributed by atoms with van der Waals surface area (Å²) < 4.78 is 12.9. The lowest BCUT2D eigenvalue weighted by Gasteiger charge is -2.24. The summed E-state index contributed by atoms with van der Waals surface area (Å²) in [6.07, 6.45) is 0. The minimum Gasteiger partial charge on any atom is -0.497 e. The summed E-state index contributed by atoms with van der Waals surface area (Å²) in [7, 11) is 5.30. The minimum absolute atomic E-state index is 0.253. The van der Waals surface area contributed by atoms with E-state index in [9.17, 15) is 0 Å². The van der Waals surface area contributed by atoms with Crippen molar-refractivity contribution < 1.29 is 9.47 Å². The van der Waals surface area contributed by atoms with Crippen LogP contribution in [0.5, 0.6) is 11.5 Å². The van der Waals surface area contributed by atoms with Crippen molar-refractivity contribution in [1.29, 1.82) is 0 Å². The minimum atomic E-state index is 0.253. The van der Waals surface area contributed by atoms with Crippen LogP contribution in [0.1, 0.15) is 19.4 Å². The summed E-state index contributed by atoms with van der Waals surface area (Å²) in [5.74, 6) is 2.86. The predicted octanol–water partition coefficient (Wildman–Crippen LogP) is 4.11. The van der Waals surface area contributed by atoms with Gasteiger partial charge in [0.1, 0.15) is 11.5 Å². The van der Waals surface area contributed by atoms with Crippen LogP contribution in [0, 0.1) is 6.92 Å². The van der Waals surface area contributed by atoms with E-state index in [2.05, 4.69) is 48.0 Å². The number of fused-ring (bicyclic) bond motifs is 3. The van der Waals surface area contributed by atoms with E-state index in [0.29, 0.717) is 17.3 Å². The molecule has 7 nitrogen and oxygen atoms in total. The molecule has 150 valence electrons. The largest absolute Gasteiger partial charge is 0.497 e. The van der Waals surface area contributed by atoms with Crippen LogP contribution in [0.4, 0.5) is 5.95 Å². The van der Waals surface area contributed by atoms with E-state index in [-0.39, 0.29) is 6.04 Å². The van der Waals surface area contributed by atoms with Crippen LogP contribution in [0.2, 0.25) is 0 Å². The summed E-state index contributed by atoms with van der Waals surface area (Å²) in [6, 6.07) is 12.1. The number of methoxy groups -OCH3 is 2. The zero-order valence-electron chi connectivity index (χ0n) is 17.6. The van der Waals surface area contributed by atoms with Crippen molar-refractivity contribution in [3.8, 4) is 22.9 Å². The highest BCUT2D eigenvalue weighted by atomic mass is 16.5. The number of rotatable bonds is 5. The first-order chi connectivity index (χ1) is 13.9. The molecule has 29 heavy (non-hydrogen) atoms. The van der Waals surface area contributed by atoms with Crippen molar-refractivity contribution in [3.05, 3.63) is 42.0 Å². The average Bonchev–Trinajstić information content (AvgIpc) is 3.17. The van der Waals surface area contributed by atoms with E-state index in [1.807, 2.05) is 35.7 Å². The highest BCUT2D eigenvalue weighted by Crippen LogP contribution is 2.33. The molecule has 0 aliphatic rings. The number of anilines is 1. The lowest BCUT2D eigenvalue weighted by Crippen LogP contribution is -2.28. The van der Waals surface area contributed by atoms with Crippen molar-refractivity contribution in [2.24, 2.45) is 0 Å². The van der Waals surface area contributed by atoms with Crippen molar-refractivity contribution in [3.63, 3.8) is 0 Å². The van der Waals surface area contributed by atoms with Gasteiger partial charge in [-0.2, -0.15) is 0 Å². The summed E-state index contributed by atoms with van der Waals surface area (Å²) in [4.78, 5) is 7.08. The monoisotopic (exact) mass is 391 g/mol. The van der Waals surface area contributed by atoms with E-state index >= 15 is 0 Å². The Morgan fingerprint density at radius 2 is 1.66 bits per heavy atom. The van der Waals surface area contributed by atoms with Crippen molar-refractivity contribution in [2.45, 2.75) is 26.8 Å². The molecule has 0 saturated heterocycles. The molecular formula is C22H25N5O2. The topological polar surface area (TPSA) is 64.8 Å². The smallest absolute Gasteiger partial charge is 0.213 e. The lowest BCUT2D eigenvalue weighted by atomic mass is 10.1. The van der Waals surface area contributed by atoms with Crippen LogP contribution >= 0.6 is 0 Å². The SMILES string of the molecule is COc1cc(OC)cc(-c2nnc3c4cc(C)ccc4nc(N(C)C(C)C)n23)c1.